The summed E-state index contributed by atoms with van der Waals surface area (Å²) in [7, 11) is 0. The van der Waals surface area contributed by atoms with Gasteiger partial charge in [0.15, 0.2) is 0 Å². The lowest BCUT2D eigenvalue weighted by Gasteiger charge is -2.29. The predicted octanol–water partition coefficient (Wildman–Crippen LogP) is 3.88. The summed E-state index contributed by atoms with van der Waals surface area (Å²) in [5, 5.41) is 4.04. The van der Waals surface area contributed by atoms with E-state index in [1.807, 2.05) is 6.92 Å². The van der Waals surface area contributed by atoms with Crippen molar-refractivity contribution in [1.29, 1.82) is 0 Å². The molecule has 4 heterocycles. The summed E-state index contributed by atoms with van der Waals surface area (Å²) in [5.74, 6) is 6.40. The number of hydrogen-bond donors (Lipinski definition) is 2. The Bertz CT molecular complexity index is 1570. The molecule has 0 aliphatic carbocycles. The van der Waals surface area contributed by atoms with Crippen LogP contribution < -0.4 is 16.6 Å². The molecule has 0 bridgehead atoms. The molecule has 9 nitrogen and oxygen atoms in total. The van der Waals surface area contributed by atoms with Gasteiger partial charge in [0.1, 0.15) is 40.9 Å². The second-order valence-corrected chi connectivity index (χ2v) is 8.99. The van der Waals surface area contributed by atoms with Gasteiger partial charge in [0, 0.05) is 19.3 Å². The fraction of sp³-hybridized carbons (Fsp3) is 0.269. The van der Waals surface area contributed by atoms with Crippen LogP contribution in [0.5, 0.6) is 0 Å². The van der Waals surface area contributed by atoms with Crippen LogP contribution in [0.4, 0.5) is 16.0 Å². The average molecular weight is 520 g/mol. The third-order valence-electron chi connectivity index (χ3n) is 6.12. The van der Waals surface area contributed by atoms with Crippen LogP contribution in [0.2, 0.25) is 5.02 Å². The number of anilines is 2. The Balaban J connectivity index is 1.56. The molecule has 1 atom stereocenters. The highest BCUT2D eigenvalue weighted by Gasteiger charge is 2.26. The van der Waals surface area contributed by atoms with E-state index in [0.29, 0.717) is 64.9 Å². The van der Waals surface area contributed by atoms with Gasteiger partial charge in [-0.15, -0.1) is 0 Å². The van der Waals surface area contributed by atoms with Gasteiger partial charge in [-0.25, -0.2) is 24.3 Å². The molecule has 3 aromatic heterocycles. The van der Waals surface area contributed by atoms with Gasteiger partial charge >= 0.3 is 0 Å². The minimum absolute atomic E-state index is 0.0899. The van der Waals surface area contributed by atoms with E-state index in [2.05, 4.69) is 32.1 Å². The van der Waals surface area contributed by atoms with Gasteiger partial charge in [0.2, 0.25) is 0 Å². The molecular formula is C26H23ClFN7O2. The maximum atomic E-state index is 13.7. The molecule has 0 amide bonds. The number of ether oxygens (including phenoxy) is 1. The fourth-order valence-corrected chi connectivity index (χ4v) is 4.55. The first-order valence-electron chi connectivity index (χ1n) is 11.7. The number of fused-ring (bicyclic) bond motifs is 1. The molecule has 0 saturated carbocycles. The Morgan fingerprint density at radius 3 is 2.76 bits per heavy atom. The second-order valence-electron chi connectivity index (χ2n) is 8.58. The zero-order chi connectivity index (χ0) is 25.9. The highest BCUT2D eigenvalue weighted by molar-refractivity contribution is 6.35. The number of benzene rings is 1. The van der Waals surface area contributed by atoms with Crippen LogP contribution in [-0.4, -0.2) is 37.7 Å². The highest BCUT2D eigenvalue weighted by Crippen LogP contribution is 2.29. The van der Waals surface area contributed by atoms with Crippen molar-refractivity contribution >= 4 is 34.1 Å². The van der Waals surface area contributed by atoms with Crippen LogP contribution in [0.3, 0.4) is 0 Å². The van der Waals surface area contributed by atoms with E-state index in [1.165, 1.54) is 18.5 Å². The van der Waals surface area contributed by atoms with Crippen molar-refractivity contribution < 1.29 is 9.13 Å². The van der Waals surface area contributed by atoms with Gasteiger partial charge in [0.25, 0.3) is 5.56 Å². The zero-order valence-corrected chi connectivity index (χ0v) is 20.7. The first-order valence-corrected chi connectivity index (χ1v) is 12.1. The molecule has 11 heteroatoms. The van der Waals surface area contributed by atoms with Crippen LogP contribution in [0, 0.1) is 17.7 Å². The van der Waals surface area contributed by atoms with Crippen molar-refractivity contribution in [2.75, 3.05) is 24.3 Å². The quantitative estimate of drug-likeness (QED) is 0.390. The standard InChI is InChI=1S/C26H23ClFN7O2/c1-15(33-24-19(23(29)31-14-32-24)8-7-17-6-5-16(28)13-30-17)25-34-21-4-2-3-20(27)22(21)26(36)35(25)18-9-11-37-12-10-18/h2-6,13-15,18H,9-12H2,1H3,(H3,29,31,32,33). The topological polar surface area (TPSA) is 121 Å². The van der Waals surface area contributed by atoms with Crippen LogP contribution in [-0.2, 0) is 4.74 Å². The predicted molar refractivity (Wildman–Crippen MR) is 139 cm³/mol. The van der Waals surface area contributed by atoms with Crippen LogP contribution in [0.15, 0.2) is 47.7 Å². The number of nitrogen functional groups attached to an aromatic ring is 1. The Kier molecular flexibility index (Phi) is 6.99. The van der Waals surface area contributed by atoms with E-state index in [4.69, 9.17) is 27.1 Å². The van der Waals surface area contributed by atoms with E-state index in [1.54, 1.807) is 22.8 Å². The maximum absolute atomic E-state index is 13.7. The van der Waals surface area contributed by atoms with Crippen molar-refractivity contribution in [2.24, 2.45) is 0 Å². The van der Waals surface area contributed by atoms with E-state index in [9.17, 15) is 9.18 Å². The highest BCUT2D eigenvalue weighted by atomic mass is 35.5. The van der Waals surface area contributed by atoms with Crippen molar-refractivity contribution in [3.63, 3.8) is 0 Å². The van der Waals surface area contributed by atoms with Crippen LogP contribution >= 0.6 is 11.6 Å². The molecule has 1 aliphatic rings. The third-order valence-corrected chi connectivity index (χ3v) is 6.44. The lowest BCUT2D eigenvalue weighted by atomic mass is 10.1. The van der Waals surface area contributed by atoms with Crippen molar-refractivity contribution in [1.82, 2.24) is 24.5 Å². The molecule has 1 aliphatic heterocycles. The molecule has 188 valence electrons. The molecule has 37 heavy (non-hydrogen) atoms. The van der Waals surface area contributed by atoms with E-state index < -0.39 is 11.9 Å². The summed E-state index contributed by atoms with van der Waals surface area (Å²) >= 11 is 6.40. The number of aromatic nitrogens is 5. The number of hydrogen-bond acceptors (Lipinski definition) is 8. The normalized spacial score (nSPS) is 14.7. The minimum atomic E-state index is -0.460. The monoisotopic (exact) mass is 519 g/mol. The molecule has 0 radical (unpaired) electrons. The molecule has 5 rings (SSSR count). The molecule has 1 unspecified atom stereocenters. The maximum Gasteiger partial charge on any atom is 0.263 e. The average Bonchev–Trinajstić information content (AvgIpc) is 2.89. The summed E-state index contributed by atoms with van der Waals surface area (Å²) in [4.78, 5) is 30.9. The SMILES string of the molecule is CC(Nc1ncnc(N)c1C#Cc1ccc(F)cn1)c1nc2cccc(Cl)c2c(=O)n1C1CCOCC1. The molecule has 0 spiro atoms. The number of nitrogens with zero attached hydrogens (tertiary/aromatic N) is 5. The molecule has 1 saturated heterocycles. The second kappa shape index (κ2) is 10.5. The van der Waals surface area contributed by atoms with E-state index in [0.717, 1.165) is 6.20 Å². The van der Waals surface area contributed by atoms with Crippen LogP contribution in [0.25, 0.3) is 10.9 Å². The molecule has 4 aromatic rings. The summed E-state index contributed by atoms with van der Waals surface area (Å²) in [6.07, 6.45) is 3.77. The zero-order valence-electron chi connectivity index (χ0n) is 19.9. The molecule has 3 N–H and O–H groups in total. The van der Waals surface area contributed by atoms with E-state index >= 15 is 0 Å². The van der Waals surface area contributed by atoms with Crippen LogP contribution in [0.1, 0.15) is 48.9 Å². The van der Waals surface area contributed by atoms with Crippen molar-refractivity contribution in [3.05, 3.63) is 81.1 Å². The number of pyridine rings is 1. The van der Waals surface area contributed by atoms with Gasteiger partial charge in [0.05, 0.1) is 28.2 Å². The smallest absolute Gasteiger partial charge is 0.263 e. The largest absolute Gasteiger partial charge is 0.382 e. The van der Waals surface area contributed by atoms with Crippen molar-refractivity contribution in [3.8, 4) is 11.8 Å². The van der Waals surface area contributed by atoms with Gasteiger partial charge in [-0.2, -0.15) is 0 Å². The van der Waals surface area contributed by atoms with E-state index in [-0.39, 0.29) is 17.4 Å². The molecule has 1 aromatic carbocycles. The number of rotatable bonds is 4. The first-order chi connectivity index (χ1) is 17.9. The van der Waals surface area contributed by atoms with Gasteiger partial charge in [-0.3, -0.25) is 9.36 Å². The minimum Gasteiger partial charge on any atom is -0.382 e. The summed E-state index contributed by atoms with van der Waals surface area (Å²) in [6.45, 7) is 2.99. The number of nitrogens with one attached hydrogen (secondary N) is 1. The molecular weight excluding hydrogens is 497 g/mol. The summed E-state index contributed by atoms with van der Waals surface area (Å²) in [5.41, 5.74) is 7.14. The van der Waals surface area contributed by atoms with Gasteiger partial charge in [-0.1, -0.05) is 23.6 Å². The Morgan fingerprint density at radius 2 is 2.00 bits per heavy atom. The van der Waals surface area contributed by atoms with Gasteiger partial charge in [-0.05, 0) is 50.0 Å². The fourth-order valence-electron chi connectivity index (χ4n) is 4.30. The Morgan fingerprint density at radius 1 is 1.19 bits per heavy atom. The number of halogens is 2. The Hall–Kier alpha value is -4.07. The lowest BCUT2D eigenvalue weighted by Crippen LogP contribution is -2.34. The third kappa shape index (κ3) is 5.09. The molecule has 1 fully saturated rings. The number of nitrogens with two attached hydrogens (primary N) is 1. The summed E-state index contributed by atoms with van der Waals surface area (Å²) < 4.78 is 20.4. The first kappa shape index (κ1) is 24.6. The lowest BCUT2D eigenvalue weighted by molar-refractivity contribution is 0.0675. The summed E-state index contributed by atoms with van der Waals surface area (Å²) in [6, 6.07) is 7.41. The van der Waals surface area contributed by atoms with Crippen molar-refractivity contribution in [2.45, 2.75) is 31.8 Å². The Labute approximate surface area is 216 Å². The van der Waals surface area contributed by atoms with Gasteiger partial charge < -0.3 is 15.8 Å².